The van der Waals surface area contributed by atoms with Crippen LogP contribution in [0.5, 0.6) is 0 Å². The smallest absolute Gasteiger partial charge is 1.00 e. The third kappa shape index (κ3) is 9.95. The molecule has 46 valence electrons. The average Bonchev–Trinajstić information content (AvgIpc) is 1.61. The normalized spacial score (nSPS) is 10.0. The van der Waals surface area contributed by atoms with E-state index in [0.717, 1.165) is 6.42 Å². The Morgan fingerprint density at radius 1 is 1.75 bits per heavy atom. The molecule has 1 atom stereocenters. The van der Waals surface area contributed by atoms with Crippen molar-refractivity contribution < 1.29 is 11.9 Å². The topological polar surface area (TPSA) is 26.3 Å². The van der Waals surface area contributed by atoms with Crippen LogP contribution >= 0.6 is 8.03 Å². The summed E-state index contributed by atoms with van der Waals surface area (Å²) in [4.78, 5) is 0. The maximum Gasteiger partial charge on any atom is 2.00 e. The maximum atomic E-state index is 10.1. The number of rotatable bonds is 3. The molecule has 0 saturated carbocycles. The van der Waals surface area contributed by atoms with Crippen molar-refractivity contribution in [3.05, 3.63) is 0 Å². The van der Waals surface area contributed by atoms with Gasteiger partial charge in [-0.1, -0.05) is 6.92 Å². The van der Waals surface area contributed by atoms with Crippen LogP contribution in [0.25, 0.3) is 0 Å². The molecule has 4 heteroatoms. The zero-order valence-corrected chi connectivity index (χ0v) is 7.69. The summed E-state index contributed by atoms with van der Waals surface area (Å²) in [5.41, 5.74) is 0. The van der Waals surface area contributed by atoms with Crippen LogP contribution in [0.2, 0.25) is 0 Å². The summed E-state index contributed by atoms with van der Waals surface area (Å²) in [6, 6.07) is 0. The van der Waals surface area contributed by atoms with Gasteiger partial charge < -0.3 is 2.85 Å². The van der Waals surface area contributed by atoms with Gasteiger partial charge in [0.1, 0.15) is 6.61 Å². The first kappa shape index (κ1) is 11.6. The van der Waals surface area contributed by atoms with E-state index in [0.29, 0.717) is 6.61 Å². The van der Waals surface area contributed by atoms with Crippen LogP contribution in [-0.2, 0) is 9.09 Å². The van der Waals surface area contributed by atoms with Gasteiger partial charge in [-0.25, -0.2) is 0 Å². The molecule has 0 radical (unpaired) electrons. The monoisotopic (exact) mass is 147 g/mol. The molecule has 0 amide bonds. The van der Waals surface area contributed by atoms with Gasteiger partial charge in [-0.15, -0.1) is 4.52 Å². The van der Waals surface area contributed by atoms with Crippen LogP contribution in [0.4, 0.5) is 0 Å². The van der Waals surface area contributed by atoms with E-state index in [1.165, 1.54) is 0 Å². The standard InChI is InChI=1S/C4H10O2P.Mg.2H/c1-3-4-6-7(2)5;;;/h3-4H2,1-2H3;;;/q+1;+2;2*-1. The van der Waals surface area contributed by atoms with Crippen molar-refractivity contribution in [2.24, 2.45) is 0 Å². The van der Waals surface area contributed by atoms with Crippen molar-refractivity contribution in [2.75, 3.05) is 13.3 Å². The van der Waals surface area contributed by atoms with Crippen LogP contribution in [0.15, 0.2) is 0 Å². The van der Waals surface area contributed by atoms with E-state index in [2.05, 4.69) is 0 Å². The van der Waals surface area contributed by atoms with Crippen LogP contribution in [-0.4, -0.2) is 36.3 Å². The van der Waals surface area contributed by atoms with Crippen molar-refractivity contribution in [3.8, 4) is 0 Å². The van der Waals surface area contributed by atoms with Gasteiger partial charge in [-0.05, 0) is 11.0 Å². The summed E-state index contributed by atoms with van der Waals surface area (Å²) in [6.45, 7) is 4.16. The summed E-state index contributed by atoms with van der Waals surface area (Å²) in [5, 5.41) is 0. The van der Waals surface area contributed by atoms with Gasteiger partial charge in [0.15, 0.2) is 6.66 Å². The molecule has 0 heterocycles. The quantitative estimate of drug-likeness (QED) is 0.448. The summed E-state index contributed by atoms with van der Waals surface area (Å²) >= 11 is 0. The summed E-state index contributed by atoms with van der Waals surface area (Å²) < 4.78 is 14.8. The van der Waals surface area contributed by atoms with Crippen LogP contribution < -0.4 is 0 Å². The van der Waals surface area contributed by atoms with Gasteiger partial charge in [0, 0.05) is 0 Å². The first-order chi connectivity index (χ1) is 3.27. The Hall–Kier alpha value is 0.826. The minimum absolute atomic E-state index is 0. The SMILES string of the molecule is CCCO[P+](C)=O.[H-].[H-].[Mg+2]. The molecule has 8 heavy (non-hydrogen) atoms. The summed E-state index contributed by atoms with van der Waals surface area (Å²) in [7, 11) is -1.36. The van der Waals surface area contributed by atoms with E-state index in [1.54, 1.807) is 6.66 Å². The molecule has 0 aliphatic rings. The Morgan fingerprint density at radius 3 is 2.38 bits per heavy atom. The average molecular weight is 147 g/mol. The Bertz CT molecular complexity index is 74.3. The Kier molecular flexibility index (Phi) is 11.3. The van der Waals surface area contributed by atoms with Crippen molar-refractivity contribution in [3.63, 3.8) is 0 Å². The fourth-order valence-electron chi connectivity index (χ4n) is 0.220. The summed E-state index contributed by atoms with van der Waals surface area (Å²) in [5.74, 6) is 0. The minimum Gasteiger partial charge on any atom is -1.00 e. The molecule has 2 nitrogen and oxygen atoms in total. The van der Waals surface area contributed by atoms with E-state index in [-0.39, 0.29) is 25.9 Å². The van der Waals surface area contributed by atoms with Crippen molar-refractivity contribution >= 4 is 31.1 Å². The molecule has 0 rings (SSSR count). The number of hydrogen-bond donors (Lipinski definition) is 0. The Labute approximate surface area is 70.0 Å². The van der Waals surface area contributed by atoms with Crippen molar-refractivity contribution in [2.45, 2.75) is 13.3 Å². The molecular weight excluding hydrogens is 135 g/mol. The molecular formula is C4H12MgO2P+. The molecule has 0 aliphatic heterocycles. The first-order valence-corrected chi connectivity index (χ1v) is 3.93. The molecule has 0 aromatic heterocycles. The molecule has 0 bridgehead atoms. The van der Waals surface area contributed by atoms with Crippen LogP contribution in [0.1, 0.15) is 16.2 Å². The second-order valence-corrected chi connectivity index (χ2v) is 2.41. The Morgan fingerprint density at radius 2 is 2.25 bits per heavy atom. The van der Waals surface area contributed by atoms with Crippen LogP contribution in [0, 0.1) is 0 Å². The minimum atomic E-state index is -1.36. The fraction of sp³-hybridized carbons (Fsp3) is 1.00. The molecule has 0 N–H and O–H groups in total. The zero-order chi connectivity index (χ0) is 5.70. The first-order valence-electron chi connectivity index (χ1n) is 2.31. The third-order valence-corrected chi connectivity index (χ3v) is 1.02. The predicted octanol–water partition coefficient (Wildman–Crippen LogP) is 1.63. The van der Waals surface area contributed by atoms with Gasteiger partial charge in [-0.3, -0.25) is 0 Å². The van der Waals surface area contributed by atoms with Crippen molar-refractivity contribution in [1.82, 2.24) is 0 Å². The molecule has 0 fully saturated rings. The second-order valence-electron chi connectivity index (χ2n) is 1.27. The second kappa shape index (κ2) is 7.83. The van der Waals surface area contributed by atoms with Gasteiger partial charge in [-0.2, -0.15) is 0 Å². The van der Waals surface area contributed by atoms with Gasteiger partial charge >= 0.3 is 31.1 Å². The molecule has 0 aromatic rings. The predicted molar refractivity (Wildman–Crippen MR) is 37.8 cm³/mol. The van der Waals surface area contributed by atoms with E-state index in [1.807, 2.05) is 6.92 Å². The fourth-order valence-corrected chi connectivity index (χ4v) is 0.660. The zero-order valence-electron chi connectivity index (χ0n) is 7.39. The van der Waals surface area contributed by atoms with E-state index < -0.39 is 8.03 Å². The molecule has 1 unspecified atom stereocenters. The van der Waals surface area contributed by atoms with Gasteiger partial charge in [0.2, 0.25) is 0 Å². The van der Waals surface area contributed by atoms with E-state index in [4.69, 9.17) is 4.52 Å². The molecule has 0 saturated heterocycles. The Balaban J connectivity index is -0.0000000600. The van der Waals surface area contributed by atoms with E-state index in [9.17, 15) is 4.57 Å². The third-order valence-electron chi connectivity index (χ3n) is 0.477. The maximum absolute atomic E-state index is 10.1. The molecule has 0 spiro atoms. The van der Waals surface area contributed by atoms with Gasteiger partial charge in [0.25, 0.3) is 0 Å². The van der Waals surface area contributed by atoms with E-state index >= 15 is 0 Å². The largest absolute Gasteiger partial charge is 2.00 e. The van der Waals surface area contributed by atoms with Gasteiger partial charge in [0.05, 0.1) is 0 Å². The molecule has 0 aliphatic carbocycles. The molecule has 0 aromatic carbocycles. The summed E-state index contributed by atoms with van der Waals surface area (Å²) in [6.07, 6.45) is 0.939. The van der Waals surface area contributed by atoms with Crippen LogP contribution in [0.3, 0.4) is 0 Å². The van der Waals surface area contributed by atoms with Crippen molar-refractivity contribution in [1.29, 1.82) is 0 Å². The number of hydrogen-bond acceptors (Lipinski definition) is 2.